The van der Waals surface area contributed by atoms with Crippen molar-refractivity contribution in [3.8, 4) is 5.75 Å². The van der Waals surface area contributed by atoms with Gasteiger partial charge in [-0.1, -0.05) is 57.2 Å². The lowest BCUT2D eigenvalue weighted by Crippen LogP contribution is -2.43. The molecule has 3 amide bonds. The van der Waals surface area contributed by atoms with Gasteiger partial charge in [0.05, 0.1) is 37.0 Å². The van der Waals surface area contributed by atoms with Crippen LogP contribution in [0.25, 0.3) is 0 Å². The van der Waals surface area contributed by atoms with Gasteiger partial charge in [0.15, 0.2) is 0 Å². The number of fused-ring (bicyclic) bond motifs is 2. The number of anilines is 1. The predicted octanol–water partition coefficient (Wildman–Crippen LogP) is 3.34. The lowest BCUT2D eigenvalue weighted by molar-refractivity contribution is -0.136. The van der Waals surface area contributed by atoms with Crippen LogP contribution < -0.4 is 14.5 Å². The topological polar surface area (TPSA) is 98.2 Å². The molecule has 2 aromatic carbocycles. The summed E-state index contributed by atoms with van der Waals surface area (Å²) < 4.78 is 13.3. The van der Waals surface area contributed by atoms with Crippen LogP contribution in [0.5, 0.6) is 5.75 Å². The maximum atomic E-state index is 14.0. The number of aromatic nitrogens is 1. The van der Waals surface area contributed by atoms with Crippen molar-refractivity contribution in [2.45, 2.75) is 22.7 Å². The number of para-hydroxylation sites is 1. The number of nitrogens with zero attached hydrogens (tertiary/aromatic N) is 3. The largest absolute Gasteiger partial charge is 0.496 e. The lowest BCUT2D eigenvalue weighted by Gasteiger charge is -2.32. The van der Waals surface area contributed by atoms with Gasteiger partial charge >= 0.3 is 4.87 Å². The number of hydrogen-bond acceptors (Lipinski definition) is 8. The SMILES string of the molecule is COc1ccccc1C1c2sc(=O)n(CC(=O)N3CCOCC3)c2SC2C(=O)N(c3ccc(Br)cc3)C(=O)C21. The van der Waals surface area contributed by atoms with Crippen molar-refractivity contribution in [3.63, 3.8) is 0 Å². The zero-order valence-corrected chi connectivity index (χ0v) is 24.1. The van der Waals surface area contributed by atoms with E-state index in [1.807, 2.05) is 18.2 Å². The van der Waals surface area contributed by atoms with Crippen LogP contribution in [0.2, 0.25) is 0 Å². The van der Waals surface area contributed by atoms with Crippen LogP contribution in [0.3, 0.4) is 0 Å². The van der Waals surface area contributed by atoms with Crippen LogP contribution in [-0.2, 0) is 25.7 Å². The second kappa shape index (κ2) is 10.6. The summed E-state index contributed by atoms with van der Waals surface area (Å²) in [5.41, 5.74) is 1.22. The highest BCUT2D eigenvalue weighted by atomic mass is 79.9. The molecule has 3 atom stereocenters. The second-order valence-electron chi connectivity index (χ2n) is 9.39. The Balaban J connectivity index is 1.46. The molecular formula is C27H24BrN3O6S2. The summed E-state index contributed by atoms with van der Waals surface area (Å²) in [6, 6.07) is 14.4. The minimum Gasteiger partial charge on any atom is -0.496 e. The second-order valence-corrected chi connectivity index (χ2v) is 12.4. The zero-order valence-electron chi connectivity index (χ0n) is 20.9. The number of halogens is 1. The smallest absolute Gasteiger partial charge is 0.308 e. The number of carbonyl (C=O) groups excluding carboxylic acids is 3. The molecule has 2 saturated heterocycles. The molecule has 202 valence electrons. The molecule has 0 N–H and O–H groups in total. The lowest BCUT2D eigenvalue weighted by atomic mass is 9.82. The predicted molar refractivity (Wildman–Crippen MR) is 151 cm³/mol. The third kappa shape index (κ3) is 4.52. The first-order valence-electron chi connectivity index (χ1n) is 12.4. The third-order valence-corrected chi connectivity index (χ3v) is 10.4. The zero-order chi connectivity index (χ0) is 27.3. The van der Waals surface area contributed by atoms with E-state index in [9.17, 15) is 19.2 Å². The minimum atomic E-state index is -0.762. The molecular weight excluding hydrogens is 606 g/mol. The van der Waals surface area contributed by atoms with Crippen LogP contribution in [-0.4, -0.2) is 65.9 Å². The Hall–Kier alpha value is -2.93. The summed E-state index contributed by atoms with van der Waals surface area (Å²) in [5.74, 6) is -1.60. The van der Waals surface area contributed by atoms with E-state index in [1.54, 1.807) is 42.3 Å². The number of methoxy groups -OCH3 is 1. The first-order chi connectivity index (χ1) is 18.9. The van der Waals surface area contributed by atoms with Gasteiger partial charge in [-0.05, 0) is 30.3 Å². The fourth-order valence-corrected chi connectivity index (χ4v) is 8.43. The molecule has 39 heavy (non-hydrogen) atoms. The first kappa shape index (κ1) is 26.3. The molecule has 2 fully saturated rings. The fraction of sp³-hybridized carbons (Fsp3) is 0.333. The van der Waals surface area contributed by atoms with Gasteiger partial charge in [-0.3, -0.25) is 23.7 Å². The summed E-state index contributed by atoms with van der Waals surface area (Å²) in [6.45, 7) is 1.72. The highest BCUT2D eigenvalue weighted by Gasteiger charge is 2.57. The number of imide groups is 1. The number of morpholine rings is 1. The summed E-state index contributed by atoms with van der Waals surface area (Å²) in [5, 5.41) is -0.204. The minimum absolute atomic E-state index is 0.133. The molecule has 12 heteroatoms. The number of amides is 3. The van der Waals surface area contributed by atoms with Gasteiger partial charge in [-0.25, -0.2) is 4.90 Å². The van der Waals surface area contributed by atoms with Gasteiger partial charge in [0.2, 0.25) is 17.7 Å². The van der Waals surface area contributed by atoms with Gasteiger partial charge in [0.25, 0.3) is 0 Å². The van der Waals surface area contributed by atoms with E-state index < -0.39 is 17.1 Å². The number of hydrogen-bond donors (Lipinski definition) is 0. The molecule has 0 bridgehead atoms. The van der Waals surface area contributed by atoms with E-state index in [4.69, 9.17) is 9.47 Å². The molecule has 3 unspecified atom stereocenters. The highest BCUT2D eigenvalue weighted by molar-refractivity contribution is 9.10. The summed E-state index contributed by atoms with van der Waals surface area (Å²) >= 11 is 5.63. The first-order valence-corrected chi connectivity index (χ1v) is 14.9. The maximum Gasteiger partial charge on any atom is 0.308 e. The molecule has 0 aliphatic carbocycles. The quantitative estimate of drug-likeness (QED) is 0.399. The number of rotatable bonds is 5. The normalized spacial score (nSPS) is 22.6. The summed E-state index contributed by atoms with van der Waals surface area (Å²) in [6.07, 6.45) is 0. The Morgan fingerprint density at radius 3 is 2.49 bits per heavy atom. The number of benzene rings is 2. The molecule has 0 radical (unpaired) electrons. The van der Waals surface area contributed by atoms with Gasteiger partial charge in [0, 0.05) is 33.9 Å². The molecule has 3 aromatic rings. The average molecular weight is 631 g/mol. The van der Waals surface area contributed by atoms with Gasteiger partial charge in [-0.2, -0.15) is 0 Å². The van der Waals surface area contributed by atoms with Crippen molar-refractivity contribution in [3.05, 3.63) is 73.1 Å². The van der Waals surface area contributed by atoms with Gasteiger partial charge in [-0.15, -0.1) is 0 Å². The molecule has 3 aliphatic heterocycles. The van der Waals surface area contributed by atoms with E-state index >= 15 is 0 Å². The van der Waals surface area contributed by atoms with Crippen molar-refractivity contribution >= 4 is 62.4 Å². The van der Waals surface area contributed by atoms with E-state index in [0.717, 1.165) is 21.4 Å². The van der Waals surface area contributed by atoms with Crippen molar-refractivity contribution < 1.29 is 23.9 Å². The van der Waals surface area contributed by atoms with Crippen molar-refractivity contribution in [1.29, 1.82) is 0 Å². The number of thioether (sulfide) groups is 1. The maximum absolute atomic E-state index is 14.0. The fourth-order valence-electron chi connectivity index (χ4n) is 5.41. The number of thiazole rings is 1. The van der Waals surface area contributed by atoms with E-state index in [-0.39, 0.29) is 29.1 Å². The van der Waals surface area contributed by atoms with E-state index in [0.29, 0.717) is 47.6 Å². The van der Waals surface area contributed by atoms with Crippen LogP contribution >= 0.6 is 39.0 Å². The Morgan fingerprint density at radius 1 is 1.05 bits per heavy atom. The Morgan fingerprint density at radius 2 is 1.77 bits per heavy atom. The molecule has 4 heterocycles. The molecule has 1 aromatic heterocycles. The van der Waals surface area contributed by atoms with Crippen LogP contribution in [0, 0.1) is 5.92 Å². The van der Waals surface area contributed by atoms with Gasteiger partial charge in [0.1, 0.15) is 17.5 Å². The standard InChI is InChI=1S/C27H24BrN3O6S2/c1-36-18-5-3-2-4-17(18)20-21-22(25(34)31(24(21)33)16-8-6-15(28)7-9-16)38-26-23(20)39-27(35)30(26)14-19(32)29-10-12-37-13-11-29/h2-9,20-22H,10-14H2,1H3. The Labute approximate surface area is 240 Å². The Bertz CT molecular complexity index is 1510. The van der Waals surface area contributed by atoms with Crippen LogP contribution in [0.15, 0.2) is 62.8 Å². The summed E-state index contributed by atoms with van der Waals surface area (Å²) in [7, 11) is 1.55. The average Bonchev–Trinajstić information content (AvgIpc) is 3.40. The van der Waals surface area contributed by atoms with Crippen molar-refractivity contribution in [2.24, 2.45) is 5.92 Å². The molecule has 9 nitrogen and oxygen atoms in total. The van der Waals surface area contributed by atoms with Crippen LogP contribution in [0.1, 0.15) is 16.4 Å². The van der Waals surface area contributed by atoms with Crippen molar-refractivity contribution in [2.75, 3.05) is 38.3 Å². The highest BCUT2D eigenvalue weighted by Crippen LogP contribution is 2.55. The monoisotopic (exact) mass is 629 g/mol. The molecule has 3 aliphatic rings. The van der Waals surface area contributed by atoms with Crippen molar-refractivity contribution in [1.82, 2.24) is 9.47 Å². The molecule has 0 saturated carbocycles. The van der Waals surface area contributed by atoms with E-state index in [1.165, 1.54) is 21.2 Å². The summed E-state index contributed by atoms with van der Waals surface area (Å²) in [4.78, 5) is 57.6. The van der Waals surface area contributed by atoms with Gasteiger partial charge < -0.3 is 14.4 Å². The number of ether oxygens (including phenoxy) is 2. The van der Waals surface area contributed by atoms with Crippen LogP contribution in [0.4, 0.5) is 5.69 Å². The Kier molecular flexibility index (Phi) is 7.13. The number of carbonyl (C=O) groups is 3. The molecule has 6 rings (SSSR count). The molecule has 0 spiro atoms. The van der Waals surface area contributed by atoms with E-state index in [2.05, 4.69) is 15.9 Å². The third-order valence-electron chi connectivity index (χ3n) is 7.27.